The van der Waals surface area contributed by atoms with Crippen molar-refractivity contribution in [2.24, 2.45) is 0 Å². The Balaban J connectivity index is 1.31. The summed E-state index contributed by atoms with van der Waals surface area (Å²) in [6.45, 7) is 5.28. The van der Waals surface area contributed by atoms with Crippen molar-refractivity contribution < 1.29 is 4.79 Å². The molecule has 1 saturated heterocycles. The van der Waals surface area contributed by atoms with Crippen molar-refractivity contribution in [1.29, 1.82) is 0 Å². The molecular formula is C28H28N6O2. The molecule has 4 aromatic rings. The molecule has 8 heteroatoms. The lowest BCUT2D eigenvalue weighted by atomic mass is 10.1. The van der Waals surface area contributed by atoms with Gasteiger partial charge in [0.15, 0.2) is 5.65 Å². The molecule has 2 aliphatic rings. The van der Waals surface area contributed by atoms with Crippen LogP contribution in [-0.4, -0.2) is 52.7 Å². The fourth-order valence-corrected chi connectivity index (χ4v) is 4.70. The number of piperazine rings is 1. The average molecular weight is 481 g/mol. The van der Waals surface area contributed by atoms with E-state index in [1.54, 1.807) is 41.0 Å². The third-order valence-electron chi connectivity index (χ3n) is 6.91. The molecule has 2 aromatic heterocycles. The number of aromatic nitrogens is 3. The maximum Gasteiger partial charge on any atom is 0.256 e. The van der Waals surface area contributed by atoms with Crippen molar-refractivity contribution >= 4 is 28.6 Å². The van der Waals surface area contributed by atoms with Crippen LogP contribution < -0.4 is 20.7 Å². The van der Waals surface area contributed by atoms with Crippen LogP contribution in [0.15, 0.2) is 71.5 Å². The Morgan fingerprint density at radius 3 is 2.22 bits per heavy atom. The van der Waals surface area contributed by atoms with E-state index in [0.29, 0.717) is 28.9 Å². The lowest BCUT2D eigenvalue weighted by Crippen LogP contribution is -2.47. The maximum atomic E-state index is 13.0. The molecule has 1 saturated carbocycles. The average Bonchev–Trinajstić information content (AvgIpc) is 3.73. The zero-order valence-electron chi connectivity index (χ0n) is 20.2. The zero-order chi connectivity index (χ0) is 24.6. The van der Waals surface area contributed by atoms with Gasteiger partial charge in [0.25, 0.3) is 11.5 Å². The van der Waals surface area contributed by atoms with Gasteiger partial charge >= 0.3 is 0 Å². The molecule has 0 bridgehead atoms. The number of amides is 1. The van der Waals surface area contributed by atoms with Gasteiger partial charge in [-0.3, -0.25) is 14.2 Å². The van der Waals surface area contributed by atoms with Gasteiger partial charge in [0.2, 0.25) is 5.95 Å². The maximum absolute atomic E-state index is 13.0. The highest BCUT2D eigenvalue weighted by atomic mass is 16.1. The van der Waals surface area contributed by atoms with Crippen molar-refractivity contribution in [1.82, 2.24) is 19.9 Å². The first kappa shape index (κ1) is 22.3. The second-order valence-corrected chi connectivity index (χ2v) is 9.46. The number of nitrogens with one attached hydrogen (secondary N) is 1. The van der Waals surface area contributed by atoms with Gasteiger partial charge in [0.1, 0.15) is 0 Å². The number of fused-ring (bicyclic) bond motifs is 1. The SMILES string of the molecule is Cc1nc(N2CCN(c3ccccc3)CC2)nc2c1ccc(=O)n2-c1ccc(C(=O)NC2CC2)cc1. The van der Waals surface area contributed by atoms with E-state index in [1.807, 2.05) is 13.0 Å². The Labute approximate surface area is 209 Å². The molecule has 1 aliphatic carbocycles. The third kappa shape index (κ3) is 4.30. The first-order chi connectivity index (χ1) is 17.6. The van der Waals surface area contributed by atoms with Crippen LogP contribution in [0.1, 0.15) is 28.9 Å². The molecule has 1 amide bonds. The van der Waals surface area contributed by atoms with Crippen LogP contribution in [0.3, 0.4) is 0 Å². The highest BCUT2D eigenvalue weighted by Crippen LogP contribution is 2.24. The summed E-state index contributed by atoms with van der Waals surface area (Å²) in [5, 5.41) is 3.83. The van der Waals surface area contributed by atoms with Gasteiger partial charge in [-0.25, -0.2) is 4.98 Å². The normalized spacial score (nSPS) is 15.8. The van der Waals surface area contributed by atoms with E-state index >= 15 is 0 Å². The number of anilines is 2. The fourth-order valence-electron chi connectivity index (χ4n) is 4.70. The summed E-state index contributed by atoms with van der Waals surface area (Å²) in [6, 6.07) is 21.2. The Hall–Kier alpha value is -4.20. The topological polar surface area (TPSA) is 83.4 Å². The molecule has 0 radical (unpaired) electrons. The molecule has 0 unspecified atom stereocenters. The molecule has 2 fully saturated rings. The Morgan fingerprint density at radius 2 is 1.53 bits per heavy atom. The van der Waals surface area contributed by atoms with Crippen molar-refractivity contribution in [3.8, 4) is 5.69 Å². The molecule has 0 atom stereocenters. The molecular weight excluding hydrogens is 452 g/mol. The van der Waals surface area contributed by atoms with Crippen LogP contribution >= 0.6 is 0 Å². The molecule has 36 heavy (non-hydrogen) atoms. The van der Waals surface area contributed by atoms with Crippen molar-refractivity contribution in [3.05, 3.63) is 88.3 Å². The first-order valence-corrected chi connectivity index (χ1v) is 12.4. The number of rotatable bonds is 5. The number of benzene rings is 2. The summed E-state index contributed by atoms with van der Waals surface area (Å²) in [6.07, 6.45) is 2.08. The number of hydrogen-bond acceptors (Lipinski definition) is 6. The van der Waals surface area contributed by atoms with Gasteiger partial charge in [-0.2, -0.15) is 4.98 Å². The summed E-state index contributed by atoms with van der Waals surface area (Å²) < 4.78 is 1.61. The Morgan fingerprint density at radius 1 is 0.833 bits per heavy atom. The monoisotopic (exact) mass is 480 g/mol. The van der Waals surface area contributed by atoms with Gasteiger partial charge < -0.3 is 15.1 Å². The largest absolute Gasteiger partial charge is 0.368 e. The lowest BCUT2D eigenvalue weighted by Gasteiger charge is -2.36. The van der Waals surface area contributed by atoms with Gasteiger partial charge in [-0.1, -0.05) is 18.2 Å². The van der Waals surface area contributed by atoms with Gasteiger partial charge in [0, 0.05) is 54.9 Å². The van der Waals surface area contributed by atoms with Crippen LogP contribution in [0.2, 0.25) is 0 Å². The van der Waals surface area contributed by atoms with Crippen LogP contribution in [0.25, 0.3) is 16.7 Å². The molecule has 1 N–H and O–H groups in total. The minimum absolute atomic E-state index is 0.0792. The number of hydrogen-bond donors (Lipinski definition) is 1. The van der Waals surface area contributed by atoms with Gasteiger partial charge in [-0.05, 0) is 62.2 Å². The van der Waals surface area contributed by atoms with E-state index in [1.165, 1.54) is 5.69 Å². The third-order valence-corrected chi connectivity index (χ3v) is 6.91. The molecule has 2 aromatic carbocycles. The van der Waals surface area contributed by atoms with E-state index in [-0.39, 0.29) is 11.5 Å². The predicted octanol–water partition coefficient (Wildman–Crippen LogP) is 3.31. The summed E-state index contributed by atoms with van der Waals surface area (Å²) in [4.78, 5) is 39.6. The highest BCUT2D eigenvalue weighted by Gasteiger charge is 2.24. The molecule has 182 valence electrons. The number of nitrogens with zero attached hydrogens (tertiary/aromatic N) is 5. The van der Waals surface area contributed by atoms with Crippen molar-refractivity contribution in [2.75, 3.05) is 36.0 Å². The number of aryl methyl sites for hydroxylation is 1. The zero-order valence-corrected chi connectivity index (χ0v) is 20.2. The molecule has 1 aliphatic heterocycles. The fraction of sp³-hybridized carbons (Fsp3) is 0.286. The number of para-hydroxylation sites is 1. The van der Waals surface area contributed by atoms with Crippen molar-refractivity contribution in [3.63, 3.8) is 0 Å². The number of carbonyl (C=O) groups is 1. The summed E-state index contributed by atoms with van der Waals surface area (Å²) in [7, 11) is 0. The van der Waals surface area contributed by atoms with Gasteiger partial charge in [-0.15, -0.1) is 0 Å². The predicted molar refractivity (Wildman–Crippen MR) is 141 cm³/mol. The molecule has 8 nitrogen and oxygen atoms in total. The second kappa shape index (κ2) is 9.11. The van der Waals surface area contributed by atoms with E-state index in [0.717, 1.165) is 50.1 Å². The lowest BCUT2D eigenvalue weighted by molar-refractivity contribution is 0.0951. The van der Waals surface area contributed by atoms with Crippen LogP contribution in [0.4, 0.5) is 11.6 Å². The van der Waals surface area contributed by atoms with E-state index in [4.69, 9.17) is 9.97 Å². The summed E-state index contributed by atoms with van der Waals surface area (Å²) in [5.74, 6) is 0.553. The minimum atomic E-state index is -0.171. The van der Waals surface area contributed by atoms with Crippen LogP contribution in [0.5, 0.6) is 0 Å². The van der Waals surface area contributed by atoms with E-state index in [2.05, 4.69) is 39.4 Å². The highest BCUT2D eigenvalue weighted by molar-refractivity contribution is 5.94. The molecule has 6 rings (SSSR count). The number of pyridine rings is 1. The van der Waals surface area contributed by atoms with E-state index in [9.17, 15) is 9.59 Å². The first-order valence-electron chi connectivity index (χ1n) is 12.4. The number of carbonyl (C=O) groups excluding carboxylic acids is 1. The Bertz CT molecular complexity index is 1470. The standard InChI is InChI=1S/C28H28N6O2/c1-19-24-13-14-25(35)34(23-11-7-20(8-12-23)27(36)30-21-9-10-21)26(24)31-28(29-19)33-17-15-32(16-18-33)22-5-3-2-4-6-22/h2-8,11-14,21H,9-10,15-18H2,1H3,(H,30,36). The van der Waals surface area contributed by atoms with Gasteiger partial charge in [0.05, 0.1) is 11.4 Å². The van der Waals surface area contributed by atoms with Crippen LogP contribution in [-0.2, 0) is 0 Å². The minimum Gasteiger partial charge on any atom is -0.368 e. The summed E-state index contributed by atoms with van der Waals surface area (Å²) in [5.41, 5.74) is 3.71. The van der Waals surface area contributed by atoms with E-state index < -0.39 is 0 Å². The van der Waals surface area contributed by atoms with Crippen LogP contribution in [0, 0.1) is 6.92 Å². The second-order valence-electron chi connectivity index (χ2n) is 9.46. The Kier molecular flexibility index (Phi) is 5.64. The molecule has 0 spiro atoms. The molecule has 3 heterocycles. The summed E-state index contributed by atoms with van der Waals surface area (Å²) >= 11 is 0. The quantitative estimate of drug-likeness (QED) is 0.472. The van der Waals surface area contributed by atoms with Crippen molar-refractivity contribution in [2.45, 2.75) is 25.8 Å². The smallest absolute Gasteiger partial charge is 0.256 e.